The molecule has 0 aromatic heterocycles. The third-order valence-electron chi connectivity index (χ3n) is 3.77. The molecule has 1 spiro atoms. The first-order valence-corrected chi connectivity index (χ1v) is 7.47. The Hall–Kier alpha value is -1.10. The van der Waals surface area contributed by atoms with E-state index in [1.54, 1.807) is 17.0 Å². The van der Waals surface area contributed by atoms with Crippen molar-refractivity contribution in [1.82, 2.24) is 0 Å². The number of hydrogen-bond acceptors (Lipinski definition) is 3. The highest BCUT2D eigenvalue weighted by atomic mass is 35.5. The van der Waals surface area contributed by atoms with Crippen molar-refractivity contribution in [3.63, 3.8) is 0 Å². The van der Waals surface area contributed by atoms with E-state index in [9.17, 15) is 4.79 Å². The van der Waals surface area contributed by atoms with Crippen LogP contribution in [0.4, 0.5) is 5.69 Å². The summed E-state index contributed by atoms with van der Waals surface area (Å²) in [6, 6.07) is 5.46. The van der Waals surface area contributed by atoms with Crippen LogP contribution in [0.5, 0.6) is 0 Å². The molecule has 5 heteroatoms. The Morgan fingerprint density at radius 2 is 2.10 bits per heavy atom. The Bertz CT molecular complexity index is 526. The number of benzene rings is 1. The quantitative estimate of drug-likeness (QED) is 0.860. The second-order valence-electron chi connectivity index (χ2n) is 5.14. The lowest BCUT2D eigenvalue weighted by Crippen LogP contribution is -2.47. The van der Waals surface area contributed by atoms with Crippen LogP contribution < -0.4 is 4.90 Å². The minimum absolute atomic E-state index is 0.122. The largest absolute Gasteiger partial charge is 0.338 e. The zero-order valence-electron chi connectivity index (χ0n) is 11.5. The van der Waals surface area contributed by atoms with Crippen molar-refractivity contribution in [2.75, 3.05) is 24.7 Å². The normalized spacial score (nSPS) is 20.5. The summed E-state index contributed by atoms with van der Waals surface area (Å²) >= 11 is 6.08. The summed E-state index contributed by atoms with van der Waals surface area (Å²) < 4.78 is 11.5. The van der Waals surface area contributed by atoms with Gasteiger partial charge in [0, 0.05) is 17.1 Å². The third kappa shape index (κ3) is 2.03. The molecule has 1 fully saturated rings. The highest BCUT2D eigenvalue weighted by Gasteiger charge is 2.54. The minimum atomic E-state index is -1.27. The fourth-order valence-corrected chi connectivity index (χ4v) is 2.93. The number of carbonyl (C=O) groups excluding carboxylic acids is 1. The molecule has 1 saturated heterocycles. The van der Waals surface area contributed by atoms with Gasteiger partial charge >= 0.3 is 0 Å². The number of amides is 1. The van der Waals surface area contributed by atoms with Crippen LogP contribution >= 0.6 is 11.6 Å². The number of fused-ring (bicyclic) bond motifs is 2. The van der Waals surface area contributed by atoms with Crippen molar-refractivity contribution in [3.8, 4) is 0 Å². The number of hydrogen-bond donors (Lipinski definition) is 0. The van der Waals surface area contributed by atoms with E-state index in [0.29, 0.717) is 24.8 Å². The van der Waals surface area contributed by atoms with Gasteiger partial charge in [-0.2, -0.15) is 0 Å². The maximum atomic E-state index is 12.8. The highest BCUT2D eigenvalue weighted by molar-refractivity contribution is 6.31. The van der Waals surface area contributed by atoms with E-state index in [2.05, 4.69) is 6.92 Å². The average molecular weight is 296 g/mol. The Kier molecular flexibility index (Phi) is 3.71. The second-order valence-corrected chi connectivity index (χ2v) is 5.58. The number of halogens is 1. The summed E-state index contributed by atoms with van der Waals surface area (Å²) in [5.74, 6) is -1.39. The summed E-state index contributed by atoms with van der Waals surface area (Å²) in [5, 5.41) is 0.589. The van der Waals surface area contributed by atoms with Gasteiger partial charge in [0.1, 0.15) is 0 Å². The van der Waals surface area contributed by atoms with Gasteiger partial charge in [-0.25, -0.2) is 0 Å². The summed E-state index contributed by atoms with van der Waals surface area (Å²) in [6.45, 7) is 3.84. The van der Waals surface area contributed by atoms with Crippen molar-refractivity contribution in [1.29, 1.82) is 0 Å². The van der Waals surface area contributed by atoms with E-state index in [1.807, 2.05) is 6.07 Å². The molecule has 1 aromatic carbocycles. The molecule has 2 heterocycles. The van der Waals surface area contributed by atoms with Crippen LogP contribution in [0.2, 0.25) is 5.02 Å². The molecular weight excluding hydrogens is 278 g/mol. The van der Waals surface area contributed by atoms with E-state index in [0.717, 1.165) is 30.5 Å². The van der Waals surface area contributed by atoms with Gasteiger partial charge in [0.2, 0.25) is 0 Å². The molecular formula is C15H18ClNO3. The third-order valence-corrected chi connectivity index (χ3v) is 4.00. The predicted molar refractivity (Wildman–Crippen MR) is 76.9 cm³/mol. The molecule has 3 rings (SSSR count). The van der Waals surface area contributed by atoms with Crippen molar-refractivity contribution in [2.45, 2.75) is 32.0 Å². The van der Waals surface area contributed by atoms with Crippen LogP contribution in [-0.4, -0.2) is 25.7 Å². The molecule has 20 heavy (non-hydrogen) atoms. The Morgan fingerprint density at radius 1 is 1.35 bits per heavy atom. The van der Waals surface area contributed by atoms with E-state index in [1.165, 1.54) is 0 Å². The minimum Gasteiger partial charge on any atom is -0.338 e. The molecule has 1 aromatic rings. The molecule has 1 amide bonds. The van der Waals surface area contributed by atoms with Crippen molar-refractivity contribution >= 4 is 23.2 Å². The lowest BCUT2D eigenvalue weighted by atomic mass is 10.1. The topological polar surface area (TPSA) is 38.8 Å². The van der Waals surface area contributed by atoms with Gasteiger partial charge in [-0.3, -0.25) is 4.79 Å². The first-order valence-electron chi connectivity index (χ1n) is 7.09. The number of nitrogens with zero attached hydrogens (tertiary/aromatic N) is 1. The average Bonchev–Trinajstić information content (AvgIpc) is 2.68. The maximum Gasteiger partial charge on any atom is 0.292 e. The van der Waals surface area contributed by atoms with Gasteiger partial charge in [0.05, 0.1) is 18.9 Å². The zero-order chi connectivity index (χ0) is 14.2. The van der Waals surface area contributed by atoms with Gasteiger partial charge in [0.15, 0.2) is 0 Å². The fraction of sp³-hybridized carbons (Fsp3) is 0.533. The van der Waals surface area contributed by atoms with Gasteiger partial charge in [0.25, 0.3) is 11.7 Å². The Morgan fingerprint density at radius 3 is 2.80 bits per heavy atom. The monoisotopic (exact) mass is 295 g/mol. The molecule has 108 valence electrons. The first-order chi connectivity index (χ1) is 9.69. The summed E-state index contributed by atoms with van der Waals surface area (Å²) in [5.41, 5.74) is 1.60. The van der Waals surface area contributed by atoms with Crippen molar-refractivity contribution in [2.24, 2.45) is 0 Å². The fourth-order valence-electron chi connectivity index (χ4n) is 2.76. The van der Waals surface area contributed by atoms with Gasteiger partial charge < -0.3 is 14.4 Å². The SMILES string of the molecule is CCCCN1C(=O)C2(OCCCO2)c2cc(Cl)ccc21. The molecule has 2 aliphatic rings. The van der Waals surface area contributed by atoms with E-state index >= 15 is 0 Å². The van der Waals surface area contributed by atoms with Crippen LogP contribution in [0.3, 0.4) is 0 Å². The van der Waals surface area contributed by atoms with Crippen LogP contribution in [0, 0.1) is 0 Å². The van der Waals surface area contributed by atoms with E-state index < -0.39 is 5.79 Å². The van der Waals surface area contributed by atoms with Crippen molar-refractivity contribution < 1.29 is 14.3 Å². The smallest absolute Gasteiger partial charge is 0.292 e. The van der Waals surface area contributed by atoms with Crippen LogP contribution in [-0.2, 0) is 20.1 Å². The Balaban J connectivity index is 2.05. The molecule has 0 aliphatic carbocycles. The standard InChI is InChI=1S/C15H18ClNO3/c1-2-3-7-17-13-6-5-11(16)10-12(13)15(14(17)18)19-8-4-9-20-15/h5-6,10H,2-4,7-9H2,1H3. The first kappa shape index (κ1) is 13.9. The van der Waals surface area contributed by atoms with Crippen molar-refractivity contribution in [3.05, 3.63) is 28.8 Å². The van der Waals surface area contributed by atoms with Gasteiger partial charge in [-0.1, -0.05) is 24.9 Å². The molecule has 2 aliphatic heterocycles. The molecule has 4 nitrogen and oxygen atoms in total. The van der Waals surface area contributed by atoms with Gasteiger partial charge in [-0.15, -0.1) is 0 Å². The number of unbranched alkanes of at least 4 members (excludes halogenated alkanes) is 1. The molecule has 0 saturated carbocycles. The van der Waals surface area contributed by atoms with E-state index in [-0.39, 0.29) is 5.91 Å². The highest BCUT2D eigenvalue weighted by Crippen LogP contribution is 2.46. The van der Waals surface area contributed by atoms with Gasteiger partial charge in [-0.05, 0) is 31.0 Å². The number of rotatable bonds is 3. The van der Waals surface area contributed by atoms with Crippen LogP contribution in [0.15, 0.2) is 18.2 Å². The number of carbonyl (C=O) groups is 1. The summed E-state index contributed by atoms with van der Waals surface area (Å²) in [4.78, 5) is 14.6. The molecule has 0 atom stereocenters. The molecule has 0 bridgehead atoms. The molecule has 0 unspecified atom stereocenters. The lowest BCUT2D eigenvalue weighted by molar-refractivity contribution is -0.256. The molecule has 0 radical (unpaired) electrons. The second kappa shape index (κ2) is 5.35. The summed E-state index contributed by atoms with van der Waals surface area (Å²) in [6.07, 6.45) is 2.78. The van der Waals surface area contributed by atoms with E-state index in [4.69, 9.17) is 21.1 Å². The number of anilines is 1. The molecule has 0 N–H and O–H groups in total. The maximum absolute atomic E-state index is 12.8. The van der Waals surface area contributed by atoms with Crippen LogP contribution in [0.25, 0.3) is 0 Å². The zero-order valence-corrected chi connectivity index (χ0v) is 12.3. The number of ether oxygens (including phenoxy) is 2. The summed E-state index contributed by atoms with van der Waals surface area (Å²) in [7, 11) is 0. The Labute approximate surface area is 123 Å². The van der Waals surface area contributed by atoms with Crippen LogP contribution in [0.1, 0.15) is 31.7 Å². The lowest BCUT2D eigenvalue weighted by Gasteiger charge is -2.32. The predicted octanol–water partition coefficient (Wildman–Crippen LogP) is 3.08.